The summed E-state index contributed by atoms with van der Waals surface area (Å²) in [5.41, 5.74) is 8.64. The zero-order valence-corrected chi connectivity index (χ0v) is 21.8. The molecule has 3 atom stereocenters. The van der Waals surface area contributed by atoms with Crippen LogP contribution in [-0.2, 0) is 27.7 Å². The SMILES string of the molecule is CC[C@H](C)[C@H]1c2nc(C(C(N)=O)c3ccc(S(C)(=O)=O)cc3)sc2CN1Cc1ccc(Cl)cc1. The number of nitrogens with two attached hydrogens (primary N) is 1. The van der Waals surface area contributed by atoms with Crippen LogP contribution in [0.25, 0.3) is 0 Å². The molecule has 0 bridgehead atoms. The van der Waals surface area contributed by atoms with E-state index >= 15 is 0 Å². The molecule has 1 amide bonds. The Balaban J connectivity index is 1.65. The molecule has 0 radical (unpaired) electrons. The first-order chi connectivity index (χ1) is 16.1. The first-order valence-corrected chi connectivity index (χ1v) is 14.2. The second-order valence-corrected chi connectivity index (χ2v) is 12.5. The van der Waals surface area contributed by atoms with E-state index in [0.717, 1.165) is 41.4 Å². The highest BCUT2D eigenvalue weighted by Gasteiger charge is 2.38. The van der Waals surface area contributed by atoms with Gasteiger partial charge in [-0.05, 0) is 41.3 Å². The molecule has 0 spiro atoms. The molecule has 9 heteroatoms. The number of sulfone groups is 1. The Morgan fingerprint density at radius 2 is 1.85 bits per heavy atom. The van der Waals surface area contributed by atoms with Crippen molar-refractivity contribution in [2.24, 2.45) is 11.7 Å². The number of hydrogen-bond donors (Lipinski definition) is 1. The highest BCUT2D eigenvalue weighted by Crippen LogP contribution is 2.44. The predicted octanol–water partition coefficient (Wildman–Crippen LogP) is 4.92. The van der Waals surface area contributed by atoms with Crippen LogP contribution in [0.2, 0.25) is 5.02 Å². The number of thiazole rings is 1. The Morgan fingerprint density at radius 3 is 2.41 bits per heavy atom. The van der Waals surface area contributed by atoms with E-state index < -0.39 is 21.7 Å². The highest BCUT2D eigenvalue weighted by atomic mass is 35.5. The fraction of sp³-hybridized carbons (Fsp3) is 0.360. The number of carbonyl (C=O) groups excluding carboxylic acids is 1. The number of fused-ring (bicyclic) bond motifs is 1. The Hall–Kier alpha value is -2.26. The van der Waals surface area contributed by atoms with Crippen LogP contribution in [-0.4, -0.2) is 30.5 Å². The predicted molar refractivity (Wildman–Crippen MR) is 136 cm³/mol. The van der Waals surface area contributed by atoms with Crippen molar-refractivity contribution in [1.82, 2.24) is 9.88 Å². The molecule has 6 nitrogen and oxygen atoms in total. The minimum atomic E-state index is -3.32. The van der Waals surface area contributed by atoms with E-state index in [9.17, 15) is 13.2 Å². The van der Waals surface area contributed by atoms with Gasteiger partial charge in [0.15, 0.2) is 9.84 Å². The molecular weight excluding hydrogens is 490 g/mol. The van der Waals surface area contributed by atoms with Gasteiger partial charge in [-0.1, -0.05) is 56.1 Å². The third kappa shape index (κ3) is 5.05. The molecule has 1 aliphatic rings. The lowest BCUT2D eigenvalue weighted by Gasteiger charge is -2.29. The fourth-order valence-electron chi connectivity index (χ4n) is 4.47. The number of nitrogens with zero attached hydrogens (tertiary/aromatic N) is 2. The Bertz CT molecular complexity index is 1290. The Kier molecular flexibility index (Phi) is 7.14. The summed E-state index contributed by atoms with van der Waals surface area (Å²) < 4.78 is 23.6. The van der Waals surface area contributed by atoms with E-state index in [1.54, 1.807) is 12.1 Å². The number of halogens is 1. The molecule has 3 aromatic rings. The van der Waals surface area contributed by atoms with E-state index in [2.05, 4.69) is 18.7 Å². The molecule has 2 aromatic carbocycles. The first-order valence-electron chi connectivity index (χ1n) is 11.2. The summed E-state index contributed by atoms with van der Waals surface area (Å²) >= 11 is 7.57. The number of rotatable bonds is 8. The molecule has 1 aliphatic heterocycles. The second-order valence-electron chi connectivity index (χ2n) is 8.90. The van der Waals surface area contributed by atoms with Crippen LogP contribution in [0, 0.1) is 5.92 Å². The lowest BCUT2D eigenvalue weighted by atomic mass is 9.96. The summed E-state index contributed by atoms with van der Waals surface area (Å²) in [5.74, 6) is -0.839. The largest absolute Gasteiger partial charge is 0.369 e. The Labute approximate surface area is 209 Å². The summed E-state index contributed by atoms with van der Waals surface area (Å²) in [7, 11) is -3.32. The number of aromatic nitrogens is 1. The molecular formula is C25H28ClN3O3S2. The number of benzene rings is 2. The normalized spacial score (nSPS) is 17.9. The van der Waals surface area contributed by atoms with Crippen molar-refractivity contribution in [3.63, 3.8) is 0 Å². The summed E-state index contributed by atoms with van der Waals surface area (Å²) in [5, 5.41) is 1.38. The van der Waals surface area contributed by atoms with Crippen molar-refractivity contribution in [2.75, 3.05) is 6.26 Å². The number of amides is 1. The van der Waals surface area contributed by atoms with Gasteiger partial charge in [0.1, 0.15) is 10.9 Å². The summed E-state index contributed by atoms with van der Waals surface area (Å²) in [6, 6.07) is 14.4. The lowest BCUT2D eigenvalue weighted by Crippen LogP contribution is -2.27. The molecule has 2 N–H and O–H groups in total. The van der Waals surface area contributed by atoms with Crippen LogP contribution in [0.5, 0.6) is 0 Å². The molecule has 0 saturated carbocycles. The number of carbonyl (C=O) groups is 1. The van der Waals surface area contributed by atoms with Crippen molar-refractivity contribution < 1.29 is 13.2 Å². The van der Waals surface area contributed by atoms with Crippen molar-refractivity contribution in [3.8, 4) is 0 Å². The fourth-order valence-corrected chi connectivity index (χ4v) is 6.50. The van der Waals surface area contributed by atoms with E-state index in [1.807, 2.05) is 24.3 Å². The minimum absolute atomic E-state index is 0.141. The van der Waals surface area contributed by atoms with Crippen molar-refractivity contribution >= 4 is 38.7 Å². The zero-order valence-electron chi connectivity index (χ0n) is 19.4. The minimum Gasteiger partial charge on any atom is -0.369 e. The lowest BCUT2D eigenvalue weighted by molar-refractivity contribution is -0.118. The Morgan fingerprint density at radius 1 is 1.21 bits per heavy atom. The number of primary amides is 1. The van der Waals surface area contributed by atoms with E-state index in [0.29, 0.717) is 16.5 Å². The maximum Gasteiger partial charge on any atom is 0.231 e. The molecule has 0 fully saturated rings. The van der Waals surface area contributed by atoms with Gasteiger partial charge in [-0.15, -0.1) is 11.3 Å². The third-order valence-electron chi connectivity index (χ3n) is 6.42. The molecule has 1 aromatic heterocycles. The van der Waals surface area contributed by atoms with Crippen LogP contribution in [0.1, 0.15) is 58.9 Å². The van der Waals surface area contributed by atoms with Gasteiger partial charge in [-0.2, -0.15) is 0 Å². The summed E-state index contributed by atoms with van der Waals surface area (Å²) in [4.78, 5) is 21.2. The van der Waals surface area contributed by atoms with Gasteiger partial charge in [0.2, 0.25) is 5.91 Å². The zero-order chi connectivity index (χ0) is 24.6. The maximum absolute atomic E-state index is 12.5. The van der Waals surface area contributed by atoms with E-state index in [-0.39, 0.29) is 10.9 Å². The second kappa shape index (κ2) is 9.77. The van der Waals surface area contributed by atoms with E-state index in [1.165, 1.54) is 29.0 Å². The van der Waals surface area contributed by atoms with Crippen LogP contribution >= 0.6 is 22.9 Å². The topological polar surface area (TPSA) is 93.4 Å². The summed E-state index contributed by atoms with van der Waals surface area (Å²) in [6.07, 6.45) is 2.16. The molecule has 0 saturated heterocycles. The monoisotopic (exact) mass is 517 g/mol. The molecule has 4 rings (SSSR count). The van der Waals surface area contributed by atoms with Gasteiger partial charge in [-0.3, -0.25) is 9.69 Å². The molecule has 1 unspecified atom stereocenters. The van der Waals surface area contributed by atoms with E-state index in [4.69, 9.17) is 22.3 Å². The third-order valence-corrected chi connectivity index (χ3v) is 8.92. The molecule has 34 heavy (non-hydrogen) atoms. The van der Waals surface area contributed by atoms with Crippen LogP contribution in [0.15, 0.2) is 53.4 Å². The highest BCUT2D eigenvalue weighted by molar-refractivity contribution is 7.90. The molecule has 180 valence electrons. The van der Waals surface area contributed by atoms with Crippen molar-refractivity contribution in [1.29, 1.82) is 0 Å². The van der Waals surface area contributed by atoms with Crippen LogP contribution in [0.3, 0.4) is 0 Å². The van der Waals surface area contributed by atoms with Crippen LogP contribution in [0.4, 0.5) is 0 Å². The number of hydrogen-bond acceptors (Lipinski definition) is 6. The quantitative estimate of drug-likeness (QED) is 0.457. The van der Waals surface area contributed by atoms with Gasteiger partial charge in [0.05, 0.1) is 16.6 Å². The summed E-state index contributed by atoms with van der Waals surface area (Å²) in [6.45, 7) is 5.94. The maximum atomic E-state index is 12.5. The first kappa shape index (κ1) is 24.9. The van der Waals surface area contributed by atoms with Gasteiger partial charge < -0.3 is 5.73 Å². The average Bonchev–Trinajstić information content (AvgIpc) is 3.31. The van der Waals surface area contributed by atoms with Crippen molar-refractivity contribution in [2.45, 2.75) is 50.2 Å². The van der Waals surface area contributed by atoms with Gasteiger partial charge in [0.25, 0.3) is 0 Å². The average molecular weight is 518 g/mol. The molecule has 0 aliphatic carbocycles. The van der Waals surface area contributed by atoms with Crippen molar-refractivity contribution in [3.05, 3.63) is 80.3 Å². The van der Waals surface area contributed by atoms with Gasteiger partial charge in [0, 0.05) is 29.2 Å². The van der Waals surface area contributed by atoms with Crippen LogP contribution < -0.4 is 5.73 Å². The standard InChI is InChI=1S/C25H28ClN3O3S2/c1-4-15(2)23-22-20(14-29(23)13-16-5-9-18(26)10-6-16)33-25(28-22)21(24(27)30)17-7-11-19(12-8-17)34(3,31)32/h5-12,15,21,23H,4,13-14H2,1-3H3,(H2,27,30)/t15-,21?,23-/m0/s1. The smallest absolute Gasteiger partial charge is 0.231 e. The van der Waals surface area contributed by atoms with Gasteiger partial charge in [-0.25, -0.2) is 13.4 Å². The molecule has 2 heterocycles. The van der Waals surface area contributed by atoms with Gasteiger partial charge >= 0.3 is 0 Å².